The molecule has 0 aromatic carbocycles. The number of nitrogens with zero attached hydrogens (tertiary/aromatic N) is 3. The largest absolute Gasteiger partial charge is 0.298 e. The fourth-order valence-electron chi connectivity index (χ4n) is 1.40. The van der Waals surface area contributed by atoms with Gasteiger partial charge >= 0.3 is 0 Å². The van der Waals surface area contributed by atoms with Crippen LogP contribution in [0.4, 0.5) is 0 Å². The van der Waals surface area contributed by atoms with Gasteiger partial charge in [0.25, 0.3) is 0 Å². The molecule has 0 aliphatic carbocycles. The zero-order valence-corrected chi connectivity index (χ0v) is 8.23. The van der Waals surface area contributed by atoms with E-state index in [0.29, 0.717) is 12.4 Å². The minimum absolute atomic E-state index is 0.186. The second-order valence-electron chi connectivity index (χ2n) is 3.38. The third kappa shape index (κ3) is 2.18. The van der Waals surface area contributed by atoms with Crippen LogP contribution in [0, 0.1) is 0 Å². The second kappa shape index (κ2) is 3.77. The van der Waals surface area contributed by atoms with Crippen molar-refractivity contribution in [3.8, 4) is 0 Å². The number of aromatic nitrogens is 3. The van der Waals surface area contributed by atoms with E-state index in [1.807, 2.05) is 0 Å². The van der Waals surface area contributed by atoms with E-state index in [4.69, 9.17) is 0 Å². The van der Waals surface area contributed by atoms with Crippen LogP contribution in [0.15, 0.2) is 6.33 Å². The van der Waals surface area contributed by atoms with Gasteiger partial charge in [-0.25, -0.2) is 4.98 Å². The highest BCUT2D eigenvalue weighted by Crippen LogP contribution is 2.01. The highest BCUT2D eigenvalue weighted by molar-refractivity contribution is 6.05. The van der Waals surface area contributed by atoms with Gasteiger partial charge in [0.2, 0.25) is 11.8 Å². The molecule has 0 saturated carbocycles. The van der Waals surface area contributed by atoms with Gasteiger partial charge in [0, 0.05) is 7.05 Å². The fraction of sp³-hybridized carbons (Fsp3) is 0.500. The number of imide groups is 1. The molecular weight excluding hydrogens is 198 g/mol. The molecule has 0 spiro atoms. The lowest BCUT2D eigenvalue weighted by atomic mass is 10.2. The van der Waals surface area contributed by atoms with Gasteiger partial charge in [-0.2, -0.15) is 5.10 Å². The smallest absolute Gasteiger partial charge is 0.244 e. The Bertz CT molecular complexity index is 399. The molecule has 1 aromatic heterocycles. The molecule has 0 bridgehead atoms. The number of carbonyl (C=O) groups excluding carboxylic acids is 2. The fourth-order valence-corrected chi connectivity index (χ4v) is 1.40. The highest BCUT2D eigenvalue weighted by atomic mass is 16.2. The van der Waals surface area contributed by atoms with Gasteiger partial charge in [-0.15, -0.1) is 0 Å². The van der Waals surface area contributed by atoms with Gasteiger partial charge in [-0.1, -0.05) is 0 Å². The zero-order valence-electron chi connectivity index (χ0n) is 8.23. The van der Waals surface area contributed by atoms with Gasteiger partial charge in [0.1, 0.15) is 6.33 Å². The van der Waals surface area contributed by atoms with E-state index in [1.165, 1.54) is 0 Å². The van der Waals surface area contributed by atoms with E-state index >= 15 is 0 Å². The first-order valence-corrected chi connectivity index (χ1v) is 4.57. The lowest BCUT2D eigenvalue weighted by Crippen LogP contribution is -2.36. The van der Waals surface area contributed by atoms with Crippen molar-refractivity contribution in [2.24, 2.45) is 7.05 Å². The van der Waals surface area contributed by atoms with Crippen LogP contribution >= 0.6 is 0 Å². The van der Waals surface area contributed by atoms with Crippen molar-refractivity contribution in [2.45, 2.75) is 19.0 Å². The number of rotatable bonds is 3. The van der Waals surface area contributed by atoms with E-state index < -0.39 is 6.04 Å². The first kappa shape index (κ1) is 9.78. The minimum Gasteiger partial charge on any atom is -0.298 e. The summed E-state index contributed by atoms with van der Waals surface area (Å²) in [6.07, 6.45) is 1.77. The van der Waals surface area contributed by atoms with Crippen molar-refractivity contribution < 1.29 is 9.59 Å². The van der Waals surface area contributed by atoms with Crippen molar-refractivity contribution in [1.82, 2.24) is 25.4 Å². The summed E-state index contributed by atoms with van der Waals surface area (Å²) >= 11 is 0. The van der Waals surface area contributed by atoms with E-state index in [-0.39, 0.29) is 18.2 Å². The molecule has 1 aliphatic heterocycles. The molecule has 1 fully saturated rings. The maximum Gasteiger partial charge on any atom is 0.244 e. The number of hydrogen-bond donors (Lipinski definition) is 2. The first-order chi connectivity index (χ1) is 7.15. The number of amides is 2. The molecule has 2 rings (SSSR count). The maximum absolute atomic E-state index is 11.2. The Kier molecular flexibility index (Phi) is 2.46. The molecule has 15 heavy (non-hydrogen) atoms. The normalized spacial score (nSPS) is 20.7. The molecule has 2 N–H and O–H groups in total. The van der Waals surface area contributed by atoms with Crippen LogP contribution in [-0.4, -0.2) is 32.6 Å². The van der Waals surface area contributed by atoms with Crippen molar-refractivity contribution in [3.63, 3.8) is 0 Å². The lowest BCUT2D eigenvalue weighted by molar-refractivity contribution is -0.125. The molecule has 7 nitrogen and oxygen atoms in total. The van der Waals surface area contributed by atoms with E-state index in [0.717, 1.165) is 0 Å². The van der Waals surface area contributed by atoms with E-state index in [2.05, 4.69) is 20.7 Å². The third-order valence-corrected chi connectivity index (χ3v) is 2.12. The van der Waals surface area contributed by atoms with Crippen molar-refractivity contribution in [1.29, 1.82) is 0 Å². The maximum atomic E-state index is 11.2. The molecule has 1 aliphatic rings. The summed E-state index contributed by atoms with van der Waals surface area (Å²) in [4.78, 5) is 26.0. The predicted molar refractivity (Wildman–Crippen MR) is 49.4 cm³/mol. The first-order valence-electron chi connectivity index (χ1n) is 4.57. The van der Waals surface area contributed by atoms with Crippen LogP contribution in [0.3, 0.4) is 0 Å². The molecule has 0 radical (unpaired) electrons. The molecule has 80 valence electrons. The Morgan fingerprint density at radius 2 is 2.47 bits per heavy atom. The van der Waals surface area contributed by atoms with Gasteiger partial charge in [0.05, 0.1) is 19.0 Å². The minimum atomic E-state index is -0.457. The van der Waals surface area contributed by atoms with Crippen LogP contribution in [0.1, 0.15) is 12.2 Å². The van der Waals surface area contributed by atoms with Crippen LogP contribution in [-0.2, 0) is 23.2 Å². The van der Waals surface area contributed by atoms with Crippen molar-refractivity contribution in [3.05, 3.63) is 12.2 Å². The molecule has 2 amide bonds. The molecule has 2 heterocycles. The van der Waals surface area contributed by atoms with E-state index in [9.17, 15) is 9.59 Å². The molecule has 7 heteroatoms. The molecule has 1 unspecified atom stereocenters. The quantitative estimate of drug-likeness (QED) is 0.580. The van der Waals surface area contributed by atoms with Crippen LogP contribution in [0.5, 0.6) is 0 Å². The summed E-state index contributed by atoms with van der Waals surface area (Å²) < 4.78 is 1.58. The Hall–Kier alpha value is -1.76. The number of carbonyl (C=O) groups is 2. The zero-order chi connectivity index (χ0) is 10.8. The summed E-state index contributed by atoms with van der Waals surface area (Å²) in [5.41, 5.74) is 0. The Morgan fingerprint density at radius 3 is 3.00 bits per heavy atom. The highest BCUT2D eigenvalue weighted by Gasteiger charge is 2.29. The van der Waals surface area contributed by atoms with Gasteiger partial charge in [-0.05, 0) is 0 Å². The molecular formula is C8H11N5O2. The monoisotopic (exact) mass is 209 g/mol. The third-order valence-electron chi connectivity index (χ3n) is 2.12. The topological polar surface area (TPSA) is 88.9 Å². The second-order valence-corrected chi connectivity index (χ2v) is 3.38. The standard InChI is InChI=1S/C8H11N5O2/c1-13-4-10-6(12-13)3-9-5-2-7(14)11-8(5)15/h4-5,9H,2-3H2,1H3,(H,11,14,15). The summed E-state index contributed by atoms with van der Waals surface area (Å²) in [7, 11) is 1.77. The molecule has 1 saturated heterocycles. The Labute approximate surface area is 85.9 Å². The molecule has 1 atom stereocenters. The molecule has 1 aromatic rings. The summed E-state index contributed by atoms with van der Waals surface area (Å²) in [6, 6.07) is -0.457. The average Bonchev–Trinajstić information content (AvgIpc) is 2.70. The Balaban J connectivity index is 1.88. The van der Waals surface area contributed by atoms with E-state index in [1.54, 1.807) is 18.1 Å². The van der Waals surface area contributed by atoms with Crippen LogP contribution in [0.25, 0.3) is 0 Å². The van der Waals surface area contributed by atoms with Crippen molar-refractivity contribution in [2.75, 3.05) is 0 Å². The summed E-state index contributed by atoms with van der Waals surface area (Å²) in [5.74, 6) is 0.0760. The van der Waals surface area contributed by atoms with Crippen LogP contribution in [0.2, 0.25) is 0 Å². The van der Waals surface area contributed by atoms with Gasteiger partial charge in [-0.3, -0.25) is 24.9 Å². The predicted octanol–water partition coefficient (Wildman–Crippen LogP) is -1.68. The van der Waals surface area contributed by atoms with Crippen LogP contribution < -0.4 is 10.6 Å². The summed E-state index contributed by atoms with van der Waals surface area (Å²) in [5, 5.41) is 9.18. The lowest BCUT2D eigenvalue weighted by Gasteiger charge is -2.05. The summed E-state index contributed by atoms with van der Waals surface area (Å²) in [6.45, 7) is 0.381. The van der Waals surface area contributed by atoms with Gasteiger partial charge in [0.15, 0.2) is 5.82 Å². The Morgan fingerprint density at radius 1 is 1.67 bits per heavy atom. The number of nitrogens with one attached hydrogen (secondary N) is 2. The number of aryl methyl sites for hydroxylation is 1. The number of hydrogen-bond acceptors (Lipinski definition) is 5. The van der Waals surface area contributed by atoms with Crippen molar-refractivity contribution >= 4 is 11.8 Å². The SMILES string of the molecule is Cn1cnc(CNC2CC(=O)NC2=O)n1. The van der Waals surface area contributed by atoms with Gasteiger partial charge < -0.3 is 0 Å². The average molecular weight is 209 g/mol.